The van der Waals surface area contributed by atoms with E-state index in [2.05, 4.69) is 62.8 Å². The highest BCUT2D eigenvalue weighted by atomic mass is 16.4. The second-order valence-corrected chi connectivity index (χ2v) is 18.6. The van der Waals surface area contributed by atoms with Crippen LogP contribution in [0.1, 0.15) is 82.3 Å². The van der Waals surface area contributed by atoms with Crippen molar-refractivity contribution >= 4 is 82.1 Å². The Morgan fingerprint density at radius 3 is 1.91 bits per heavy atom. The molecule has 4 rings (SSSR count). The van der Waals surface area contributed by atoms with Crippen molar-refractivity contribution < 1.29 is 53.1 Å². The van der Waals surface area contributed by atoms with Gasteiger partial charge in [0, 0.05) is 69.5 Å². The third-order valence-electron chi connectivity index (χ3n) is 12.4. The molecule has 1 fully saturated rings. The van der Waals surface area contributed by atoms with Crippen molar-refractivity contribution in [2.75, 3.05) is 26.2 Å². The average Bonchev–Trinajstić information content (AvgIpc) is 3.80. The Morgan fingerprint density at radius 2 is 1.27 bits per heavy atom. The van der Waals surface area contributed by atoms with E-state index < -0.39 is 108 Å². The molecule has 78 heavy (non-hydrogen) atoms. The number of carboxylic acids is 1. The molecule has 0 radical (unpaired) electrons. The number of aliphatic imine (C=N–C) groups is 2. The lowest BCUT2D eigenvalue weighted by Gasteiger charge is -2.28. The third-order valence-corrected chi connectivity index (χ3v) is 12.4. The van der Waals surface area contributed by atoms with Crippen molar-refractivity contribution in [1.29, 1.82) is 0 Å². The first-order chi connectivity index (χ1) is 37.2. The predicted octanol–water partition coefficient (Wildman–Crippen LogP) is -3.30. The van der Waals surface area contributed by atoms with Crippen LogP contribution in [0.15, 0.2) is 70.8 Å². The Kier molecular flexibility index (Phi) is 25.1. The summed E-state index contributed by atoms with van der Waals surface area (Å²) >= 11 is 0. The van der Waals surface area contributed by atoms with Crippen LogP contribution in [0, 0.1) is 0 Å². The Bertz CT molecular complexity index is 2620. The summed E-state index contributed by atoms with van der Waals surface area (Å²) in [6.45, 7) is 1.15. The smallest absolute Gasteiger partial charge is 0.326 e. The van der Waals surface area contributed by atoms with Gasteiger partial charge in [-0.05, 0) is 75.0 Å². The van der Waals surface area contributed by atoms with Crippen LogP contribution in [0.2, 0.25) is 0 Å². The van der Waals surface area contributed by atoms with Gasteiger partial charge in [0.15, 0.2) is 11.9 Å². The summed E-state index contributed by atoms with van der Waals surface area (Å²) in [5.41, 5.74) is 29.2. The Labute approximate surface area is 449 Å². The number of carboxylic acid groups (broad SMARTS) is 1. The number of para-hydroxylation sites is 1. The van der Waals surface area contributed by atoms with E-state index in [1.165, 1.54) is 6.92 Å². The van der Waals surface area contributed by atoms with Crippen molar-refractivity contribution in [2.24, 2.45) is 38.7 Å². The molecular weight excluding hydrogens is 1010 g/mol. The zero-order chi connectivity index (χ0) is 57.1. The minimum absolute atomic E-state index is 0.0150. The van der Waals surface area contributed by atoms with E-state index in [4.69, 9.17) is 28.7 Å². The molecule has 1 saturated heterocycles. The molecule has 0 saturated carbocycles. The highest BCUT2D eigenvalue weighted by molar-refractivity contribution is 5.98. The van der Waals surface area contributed by atoms with Crippen LogP contribution in [-0.2, 0) is 56.0 Å². The van der Waals surface area contributed by atoms with Crippen LogP contribution >= 0.6 is 0 Å². The highest BCUT2D eigenvalue weighted by Crippen LogP contribution is 2.20. The zero-order valence-electron chi connectivity index (χ0n) is 43.4. The fourth-order valence-corrected chi connectivity index (χ4v) is 8.42. The summed E-state index contributed by atoms with van der Waals surface area (Å²) in [5.74, 6) is -8.35. The van der Waals surface area contributed by atoms with E-state index in [0.717, 1.165) is 10.9 Å². The lowest BCUT2D eigenvalue weighted by atomic mass is 10.0. The minimum atomic E-state index is -1.54. The van der Waals surface area contributed by atoms with Crippen molar-refractivity contribution in [3.63, 3.8) is 0 Å². The number of carbonyl (C=O) groups is 10. The number of nitrogens with one attached hydrogen (secondary N) is 10. The topological polar surface area (TPSA) is 470 Å². The second kappa shape index (κ2) is 31.8. The first-order valence-corrected chi connectivity index (χ1v) is 25.5. The van der Waals surface area contributed by atoms with Gasteiger partial charge in [-0.3, -0.25) is 48.3 Å². The van der Waals surface area contributed by atoms with E-state index in [-0.39, 0.29) is 109 Å². The normalized spacial score (nSPS) is 20.6. The number of primary amides is 1. The zero-order valence-corrected chi connectivity index (χ0v) is 43.4. The fraction of sp³-hybridized carbons (Fsp3) is 0.480. The molecule has 10 amide bonds. The highest BCUT2D eigenvalue weighted by Gasteiger charge is 2.35. The number of urea groups is 1. The Balaban J connectivity index is 1.80. The van der Waals surface area contributed by atoms with Gasteiger partial charge >= 0.3 is 12.0 Å². The number of guanidine groups is 2. The summed E-state index contributed by atoms with van der Waals surface area (Å²) in [4.78, 5) is 147. The van der Waals surface area contributed by atoms with Crippen LogP contribution < -0.4 is 76.5 Å². The molecule has 28 nitrogen and oxygen atoms in total. The van der Waals surface area contributed by atoms with Crippen molar-refractivity contribution in [3.8, 4) is 0 Å². The molecule has 2 aromatic carbocycles. The van der Waals surface area contributed by atoms with E-state index in [0.29, 0.717) is 11.1 Å². The maximum atomic E-state index is 14.7. The molecule has 0 bridgehead atoms. The number of rotatable bonds is 20. The lowest BCUT2D eigenvalue weighted by Crippen LogP contribution is -2.60. The van der Waals surface area contributed by atoms with E-state index in [1.807, 2.05) is 6.07 Å². The lowest BCUT2D eigenvalue weighted by molar-refractivity contribution is -0.142. The largest absolute Gasteiger partial charge is 0.480 e. The molecule has 1 aliphatic rings. The minimum Gasteiger partial charge on any atom is -0.480 e. The second-order valence-electron chi connectivity index (χ2n) is 18.6. The van der Waals surface area contributed by atoms with Gasteiger partial charge < -0.3 is 86.6 Å². The molecule has 0 spiro atoms. The van der Waals surface area contributed by atoms with Gasteiger partial charge in [0.25, 0.3) is 0 Å². The number of nitrogens with two attached hydrogens (primary N) is 5. The van der Waals surface area contributed by atoms with Crippen LogP contribution in [0.3, 0.4) is 0 Å². The number of aliphatic carboxylic acids is 1. The standard InChI is InChI=1S/C50H73N17O11/c1-28(68)61-33(15-7-22-57-48(51)52)41(70)64-36-19-20-40(69)56-21-10-18-37(47(76)77)65-46(75)39(26-30-27-60-32-14-6-5-13-31(30)32)67-43(72)35(16-8-23-58-49(53)54)63-45(74)38(25-29-11-3-2-4-12-29)66-42(71)34(62-44(36)73)17-9-24-59-50(55)78/h2-6,11-14,27,33-39,60H,7-10,15-26H2,1H3,(H,56,69)(H,61,68)(H,62,73)(H,63,74)(H,64,70)(H,65,75)(H,66,71)(H,67,72)(H,76,77)(H4,51,52,57)(H4,53,54,58)(H3,55,59,78). The molecule has 1 aliphatic heterocycles. The first kappa shape index (κ1) is 61.6. The number of aromatic amines is 1. The van der Waals surface area contributed by atoms with Crippen LogP contribution in [0.5, 0.6) is 0 Å². The van der Waals surface area contributed by atoms with Gasteiger partial charge in [0.2, 0.25) is 47.3 Å². The molecule has 0 aliphatic carbocycles. The maximum absolute atomic E-state index is 14.7. The van der Waals surface area contributed by atoms with E-state index in [1.54, 1.807) is 54.7 Å². The van der Waals surface area contributed by atoms with Crippen LogP contribution in [0.25, 0.3) is 10.9 Å². The molecule has 28 heteroatoms. The van der Waals surface area contributed by atoms with Gasteiger partial charge in [0.1, 0.15) is 42.3 Å². The van der Waals surface area contributed by atoms with Gasteiger partial charge in [-0.2, -0.15) is 0 Å². The monoisotopic (exact) mass is 1090 g/mol. The molecule has 424 valence electrons. The van der Waals surface area contributed by atoms with Gasteiger partial charge in [-0.1, -0.05) is 48.5 Å². The quantitative estimate of drug-likeness (QED) is 0.0299. The average molecular weight is 1090 g/mol. The summed E-state index contributed by atoms with van der Waals surface area (Å²) in [7, 11) is 0. The summed E-state index contributed by atoms with van der Waals surface area (Å²) in [5, 5.41) is 34.4. The number of aromatic nitrogens is 1. The van der Waals surface area contributed by atoms with Crippen molar-refractivity contribution in [1.82, 2.24) is 52.8 Å². The number of carbonyl (C=O) groups excluding carboxylic acids is 9. The molecule has 7 atom stereocenters. The van der Waals surface area contributed by atoms with Crippen molar-refractivity contribution in [3.05, 3.63) is 71.9 Å². The Morgan fingerprint density at radius 1 is 0.692 bits per heavy atom. The Hall–Kier alpha value is -8.98. The fourth-order valence-electron chi connectivity index (χ4n) is 8.42. The molecular formula is C50H73N17O11. The number of H-pyrrole nitrogens is 1. The van der Waals surface area contributed by atoms with Gasteiger partial charge in [0.05, 0.1) is 0 Å². The maximum Gasteiger partial charge on any atom is 0.326 e. The third kappa shape index (κ3) is 21.7. The number of benzene rings is 2. The van der Waals surface area contributed by atoms with Crippen molar-refractivity contribution in [2.45, 2.75) is 126 Å². The number of hydrogen-bond acceptors (Lipinski definition) is 12. The summed E-state index contributed by atoms with van der Waals surface area (Å²) in [6, 6.07) is 4.80. The SMILES string of the molecule is CC(=O)NC(CCCN=C(N)N)C(=O)NC1CCC(=O)NCCCC(C(=O)O)NC(=O)C(Cc2c[nH]c3ccccc23)NC(=O)C(CCCN=C(N)N)NC(=O)C(Cc2ccccc2)NC(=O)C(CCCNC(N)=O)NC1=O. The molecule has 7 unspecified atom stereocenters. The van der Waals surface area contributed by atoms with E-state index >= 15 is 0 Å². The van der Waals surface area contributed by atoms with Crippen LogP contribution in [-0.4, -0.2) is 150 Å². The summed E-state index contributed by atoms with van der Waals surface area (Å²) in [6.07, 6.45) is 0.555. The molecule has 21 N–H and O–H groups in total. The number of nitrogens with zero attached hydrogens (tertiary/aromatic N) is 2. The number of amides is 10. The van der Waals surface area contributed by atoms with Gasteiger partial charge in [-0.15, -0.1) is 0 Å². The number of fused-ring (bicyclic) bond motifs is 1. The molecule has 2 heterocycles. The molecule has 1 aromatic heterocycles. The first-order valence-electron chi connectivity index (χ1n) is 25.5. The van der Waals surface area contributed by atoms with Crippen LogP contribution in [0.4, 0.5) is 4.79 Å². The van der Waals surface area contributed by atoms with E-state index in [9.17, 15) is 53.1 Å². The molecule has 3 aromatic rings. The summed E-state index contributed by atoms with van der Waals surface area (Å²) < 4.78 is 0. The predicted molar refractivity (Wildman–Crippen MR) is 287 cm³/mol. The van der Waals surface area contributed by atoms with Gasteiger partial charge in [-0.25, -0.2) is 9.59 Å². The number of hydrogen-bond donors (Lipinski definition) is 16.